The van der Waals surface area contributed by atoms with Gasteiger partial charge in [-0.25, -0.2) is 18.0 Å². The van der Waals surface area contributed by atoms with E-state index in [4.69, 9.17) is 0 Å². The van der Waals surface area contributed by atoms with Gasteiger partial charge in [0, 0.05) is 4.90 Å². The van der Waals surface area contributed by atoms with E-state index in [0.717, 1.165) is 18.2 Å². The number of thioether (sulfide) groups is 1. The van der Waals surface area contributed by atoms with Crippen LogP contribution in [0.2, 0.25) is 0 Å². The lowest BCUT2D eigenvalue weighted by Gasteiger charge is -2.07. The van der Waals surface area contributed by atoms with Crippen molar-refractivity contribution >= 4 is 17.7 Å². The molecule has 0 N–H and O–H groups in total. The number of halogens is 3. The largest absolute Gasteiger partial charge is 0.463 e. The molecule has 1 aromatic rings. The van der Waals surface area contributed by atoms with E-state index in [0.29, 0.717) is 0 Å². The van der Waals surface area contributed by atoms with E-state index in [1.54, 1.807) is 0 Å². The van der Waals surface area contributed by atoms with Crippen LogP contribution in [0.5, 0.6) is 0 Å². The lowest BCUT2D eigenvalue weighted by molar-refractivity contribution is -0.145. The van der Waals surface area contributed by atoms with E-state index in [-0.39, 0.29) is 23.3 Å². The van der Waals surface area contributed by atoms with Crippen LogP contribution in [-0.2, 0) is 9.53 Å². The summed E-state index contributed by atoms with van der Waals surface area (Å²) in [5.41, 5.74) is -2.06. The maximum atomic E-state index is 13.2. The van der Waals surface area contributed by atoms with Gasteiger partial charge in [-0.05, 0) is 25.1 Å². The van der Waals surface area contributed by atoms with Crippen LogP contribution in [0.4, 0.5) is 13.2 Å². The van der Waals surface area contributed by atoms with Crippen LogP contribution in [0.15, 0.2) is 23.1 Å². The fraction of sp³-hybridized carbons (Fsp3) is 0.300. The average Bonchev–Trinajstić information content (AvgIpc) is 2.23. The molecule has 16 heavy (non-hydrogen) atoms. The minimum absolute atomic E-state index is 0.0332. The second-order valence-corrected chi connectivity index (χ2v) is 3.85. The number of rotatable bonds is 4. The molecular formula is C10H9F3O2S. The zero-order valence-electron chi connectivity index (χ0n) is 8.38. The monoisotopic (exact) mass is 250 g/mol. The Bertz CT molecular complexity index is 384. The Kier molecular flexibility index (Phi) is 4.67. The van der Waals surface area contributed by atoms with Gasteiger partial charge >= 0.3 is 5.97 Å². The first-order valence-corrected chi connectivity index (χ1v) is 5.35. The van der Waals surface area contributed by atoms with Gasteiger partial charge in [-0.3, -0.25) is 0 Å². The van der Waals surface area contributed by atoms with Gasteiger partial charge in [0.15, 0.2) is 0 Å². The predicted molar refractivity (Wildman–Crippen MR) is 53.7 cm³/mol. The van der Waals surface area contributed by atoms with Crippen molar-refractivity contribution in [1.29, 1.82) is 0 Å². The molecule has 0 radical (unpaired) electrons. The molecule has 0 saturated heterocycles. The normalized spacial score (nSPS) is 12.2. The number of esters is 1. The number of hydrogen-bond acceptors (Lipinski definition) is 3. The van der Waals surface area contributed by atoms with Crippen LogP contribution < -0.4 is 0 Å². The van der Waals surface area contributed by atoms with Crippen molar-refractivity contribution in [1.82, 2.24) is 0 Å². The molecule has 0 spiro atoms. The van der Waals surface area contributed by atoms with Gasteiger partial charge < -0.3 is 4.74 Å². The van der Waals surface area contributed by atoms with Crippen molar-refractivity contribution in [3.8, 4) is 0 Å². The minimum Gasteiger partial charge on any atom is -0.463 e. The first-order chi connectivity index (χ1) is 7.54. The summed E-state index contributed by atoms with van der Waals surface area (Å²) >= 11 is 0.276. The molecule has 0 amide bonds. The van der Waals surface area contributed by atoms with Crippen LogP contribution in [0.25, 0.3) is 0 Å². The van der Waals surface area contributed by atoms with Gasteiger partial charge in [-0.2, -0.15) is 0 Å². The van der Waals surface area contributed by atoms with E-state index in [9.17, 15) is 18.0 Å². The number of hydrogen-bond donors (Lipinski definition) is 0. The first-order valence-electron chi connectivity index (χ1n) is 4.47. The summed E-state index contributed by atoms with van der Waals surface area (Å²) in [4.78, 5) is 10.6. The van der Waals surface area contributed by atoms with E-state index in [1.807, 2.05) is 0 Å². The van der Waals surface area contributed by atoms with Crippen LogP contribution >= 0.6 is 11.8 Å². The summed E-state index contributed by atoms with van der Waals surface area (Å²) in [5.74, 6) is -2.57. The molecule has 0 aromatic heterocycles. The molecular weight excluding hydrogens is 241 g/mol. The fourth-order valence-electron chi connectivity index (χ4n) is 0.935. The van der Waals surface area contributed by atoms with E-state index in [1.165, 1.54) is 6.92 Å². The number of benzene rings is 1. The SMILES string of the molecule is CCOC(=O)C(F)Sc1cc(F)ccc1F. The second-order valence-electron chi connectivity index (χ2n) is 2.76. The lowest BCUT2D eigenvalue weighted by atomic mass is 10.3. The standard InChI is InChI=1S/C10H9F3O2S/c1-2-15-10(14)9(13)16-8-5-6(11)3-4-7(8)12/h3-5,9H,2H2,1H3. The van der Waals surface area contributed by atoms with Crippen LogP contribution in [0, 0.1) is 11.6 Å². The zero-order chi connectivity index (χ0) is 12.1. The summed E-state index contributed by atoms with van der Waals surface area (Å²) in [7, 11) is 0. The Labute approximate surface area is 94.8 Å². The Morgan fingerprint density at radius 1 is 1.50 bits per heavy atom. The van der Waals surface area contributed by atoms with E-state index in [2.05, 4.69) is 4.74 Å². The average molecular weight is 250 g/mol. The molecule has 0 aliphatic carbocycles. The lowest BCUT2D eigenvalue weighted by Crippen LogP contribution is -2.15. The molecule has 1 rings (SSSR count). The van der Waals surface area contributed by atoms with Gasteiger partial charge in [0.2, 0.25) is 5.50 Å². The Balaban J connectivity index is 2.72. The molecule has 2 nitrogen and oxygen atoms in total. The molecule has 0 saturated carbocycles. The van der Waals surface area contributed by atoms with Crippen molar-refractivity contribution in [3.63, 3.8) is 0 Å². The molecule has 0 aliphatic heterocycles. The third-order valence-electron chi connectivity index (χ3n) is 1.60. The van der Waals surface area contributed by atoms with Crippen LogP contribution in [0.3, 0.4) is 0 Å². The summed E-state index contributed by atoms with van der Waals surface area (Å²) in [6, 6.07) is 2.61. The van der Waals surface area contributed by atoms with Crippen molar-refractivity contribution in [2.24, 2.45) is 0 Å². The smallest absolute Gasteiger partial charge is 0.351 e. The molecule has 0 heterocycles. The summed E-state index contributed by atoms with van der Waals surface area (Å²) in [6.07, 6.45) is 0. The van der Waals surface area contributed by atoms with E-state index < -0.39 is 23.1 Å². The number of alkyl halides is 1. The van der Waals surface area contributed by atoms with Gasteiger partial charge in [-0.1, -0.05) is 11.8 Å². The van der Waals surface area contributed by atoms with Crippen molar-refractivity contribution in [2.45, 2.75) is 17.3 Å². The Hall–Kier alpha value is -1.17. The maximum Gasteiger partial charge on any atom is 0.351 e. The van der Waals surface area contributed by atoms with Crippen LogP contribution in [0.1, 0.15) is 6.92 Å². The highest BCUT2D eigenvalue weighted by Crippen LogP contribution is 2.28. The van der Waals surface area contributed by atoms with Crippen LogP contribution in [-0.4, -0.2) is 18.1 Å². The molecule has 1 unspecified atom stereocenters. The fourth-order valence-corrected chi connectivity index (χ4v) is 1.68. The highest BCUT2D eigenvalue weighted by Gasteiger charge is 2.21. The first kappa shape index (κ1) is 12.9. The molecule has 1 aromatic carbocycles. The highest BCUT2D eigenvalue weighted by molar-refractivity contribution is 8.00. The Morgan fingerprint density at radius 2 is 2.19 bits per heavy atom. The molecule has 6 heteroatoms. The number of carbonyl (C=O) groups excluding carboxylic acids is 1. The highest BCUT2D eigenvalue weighted by atomic mass is 32.2. The molecule has 1 atom stereocenters. The zero-order valence-corrected chi connectivity index (χ0v) is 9.19. The van der Waals surface area contributed by atoms with Gasteiger partial charge in [0.1, 0.15) is 11.6 Å². The summed E-state index contributed by atoms with van der Waals surface area (Å²) in [5, 5.41) is 0. The molecule has 88 valence electrons. The third kappa shape index (κ3) is 3.44. The van der Waals surface area contributed by atoms with Crippen molar-refractivity contribution in [3.05, 3.63) is 29.8 Å². The molecule has 0 aliphatic rings. The second kappa shape index (κ2) is 5.79. The number of carbonyl (C=O) groups is 1. The Morgan fingerprint density at radius 3 is 2.81 bits per heavy atom. The maximum absolute atomic E-state index is 13.2. The van der Waals surface area contributed by atoms with Gasteiger partial charge in [-0.15, -0.1) is 0 Å². The topological polar surface area (TPSA) is 26.3 Å². The summed E-state index contributed by atoms with van der Waals surface area (Å²) < 4.78 is 43.4. The minimum atomic E-state index is -2.06. The summed E-state index contributed by atoms with van der Waals surface area (Å²) in [6.45, 7) is 1.56. The molecule has 0 fully saturated rings. The van der Waals surface area contributed by atoms with Gasteiger partial charge in [0.25, 0.3) is 0 Å². The quantitative estimate of drug-likeness (QED) is 0.607. The van der Waals surface area contributed by atoms with Crippen molar-refractivity contribution in [2.75, 3.05) is 6.61 Å². The number of ether oxygens (including phenoxy) is 1. The van der Waals surface area contributed by atoms with Gasteiger partial charge in [0.05, 0.1) is 6.61 Å². The predicted octanol–water partition coefficient (Wildman–Crippen LogP) is 2.92. The molecule has 0 bridgehead atoms. The van der Waals surface area contributed by atoms with Crippen molar-refractivity contribution < 1.29 is 22.7 Å². The van der Waals surface area contributed by atoms with E-state index >= 15 is 0 Å². The third-order valence-corrected chi connectivity index (χ3v) is 2.56.